The van der Waals surface area contributed by atoms with Crippen LogP contribution >= 0.6 is 15.9 Å². The quantitative estimate of drug-likeness (QED) is 0.783. The number of amides is 1. The summed E-state index contributed by atoms with van der Waals surface area (Å²) in [5, 5.41) is 0. The van der Waals surface area contributed by atoms with Crippen LogP contribution in [0.1, 0.15) is 5.56 Å². The van der Waals surface area contributed by atoms with E-state index in [1.165, 1.54) is 7.11 Å². The lowest BCUT2D eigenvalue weighted by molar-refractivity contribution is 0.128. The van der Waals surface area contributed by atoms with Crippen molar-refractivity contribution in [1.29, 1.82) is 0 Å². The summed E-state index contributed by atoms with van der Waals surface area (Å²) in [7, 11) is 1.40. The molecular weight excluding hydrogens is 294 g/mol. The molecule has 0 aromatic heterocycles. The number of halogens is 1. The minimum atomic E-state index is -0.304. The SMILES string of the molecule is COC(=O)N1CC=CC1/C=C\c1ccccc1Br. The number of hydrogen-bond donors (Lipinski definition) is 0. The zero-order valence-corrected chi connectivity index (χ0v) is 11.6. The van der Waals surface area contributed by atoms with E-state index in [0.29, 0.717) is 6.54 Å². The second kappa shape index (κ2) is 5.87. The van der Waals surface area contributed by atoms with Gasteiger partial charge in [-0.3, -0.25) is 4.90 Å². The largest absolute Gasteiger partial charge is 0.453 e. The summed E-state index contributed by atoms with van der Waals surface area (Å²) in [5.41, 5.74) is 1.09. The maximum absolute atomic E-state index is 11.5. The molecule has 0 aliphatic carbocycles. The van der Waals surface area contributed by atoms with E-state index >= 15 is 0 Å². The van der Waals surface area contributed by atoms with Crippen LogP contribution in [0.5, 0.6) is 0 Å². The minimum Gasteiger partial charge on any atom is -0.453 e. The van der Waals surface area contributed by atoms with Crippen molar-refractivity contribution in [3.05, 3.63) is 52.5 Å². The topological polar surface area (TPSA) is 29.5 Å². The molecule has 1 aromatic rings. The molecule has 1 aliphatic rings. The van der Waals surface area contributed by atoms with E-state index in [9.17, 15) is 4.79 Å². The van der Waals surface area contributed by atoms with Crippen LogP contribution in [0.3, 0.4) is 0 Å². The van der Waals surface area contributed by atoms with Crippen LogP contribution in [0.25, 0.3) is 6.08 Å². The Balaban J connectivity index is 2.11. The highest BCUT2D eigenvalue weighted by Crippen LogP contribution is 2.19. The summed E-state index contributed by atoms with van der Waals surface area (Å²) in [5.74, 6) is 0. The van der Waals surface area contributed by atoms with Gasteiger partial charge in [0, 0.05) is 11.0 Å². The second-order valence-electron chi connectivity index (χ2n) is 3.92. The predicted molar refractivity (Wildman–Crippen MR) is 75.2 cm³/mol. The van der Waals surface area contributed by atoms with Crippen molar-refractivity contribution < 1.29 is 9.53 Å². The van der Waals surface area contributed by atoms with Gasteiger partial charge in [0.1, 0.15) is 0 Å². The molecule has 0 saturated heterocycles. The van der Waals surface area contributed by atoms with Gasteiger partial charge in [-0.25, -0.2) is 4.79 Å². The average Bonchev–Trinajstić information content (AvgIpc) is 2.85. The van der Waals surface area contributed by atoms with Gasteiger partial charge in [0.2, 0.25) is 0 Å². The summed E-state index contributed by atoms with van der Waals surface area (Å²) in [6.45, 7) is 0.595. The Bertz CT molecular complexity index is 496. The summed E-state index contributed by atoms with van der Waals surface area (Å²) < 4.78 is 5.78. The van der Waals surface area contributed by atoms with Crippen molar-refractivity contribution >= 4 is 28.1 Å². The zero-order chi connectivity index (χ0) is 13.0. The lowest BCUT2D eigenvalue weighted by atomic mass is 10.1. The van der Waals surface area contributed by atoms with Crippen LogP contribution in [0.4, 0.5) is 4.79 Å². The normalized spacial score (nSPS) is 18.6. The summed E-state index contributed by atoms with van der Waals surface area (Å²) in [6.07, 6.45) is 7.64. The van der Waals surface area contributed by atoms with Crippen LogP contribution < -0.4 is 0 Å². The molecule has 0 radical (unpaired) electrons. The lowest BCUT2D eigenvalue weighted by Crippen LogP contribution is -2.34. The van der Waals surface area contributed by atoms with E-state index in [1.54, 1.807) is 4.90 Å². The van der Waals surface area contributed by atoms with Crippen molar-refractivity contribution in [2.75, 3.05) is 13.7 Å². The highest BCUT2D eigenvalue weighted by Gasteiger charge is 2.22. The molecule has 18 heavy (non-hydrogen) atoms. The van der Waals surface area contributed by atoms with Gasteiger partial charge < -0.3 is 4.74 Å². The van der Waals surface area contributed by atoms with Gasteiger partial charge in [-0.2, -0.15) is 0 Å². The number of benzene rings is 1. The third kappa shape index (κ3) is 2.82. The third-order valence-corrected chi connectivity index (χ3v) is 3.50. The Morgan fingerprint density at radius 3 is 3.00 bits per heavy atom. The molecule has 0 bridgehead atoms. The Morgan fingerprint density at radius 1 is 1.50 bits per heavy atom. The predicted octanol–water partition coefficient (Wildman–Crippen LogP) is 3.47. The molecule has 1 aliphatic heterocycles. The number of rotatable bonds is 2. The number of carbonyl (C=O) groups excluding carboxylic acids is 1. The Labute approximate surface area is 115 Å². The third-order valence-electron chi connectivity index (χ3n) is 2.78. The smallest absolute Gasteiger partial charge is 0.410 e. The highest BCUT2D eigenvalue weighted by molar-refractivity contribution is 9.10. The van der Waals surface area contributed by atoms with E-state index in [4.69, 9.17) is 4.74 Å². The number of hydrogen-bond acceptors (Lipinski definition) is 2. The molecule has 1 amide bonds. The molecule has 4 heteroatoms. The first-order valence-electron chi connectivity index (χ1n) is 5.66. The number of carbonyl (C=O) groups is 1. The molecule has 0 spiro atoms. The molecular formula is C14H14BrNO2. The molecule has 0 fully saturated rings. The van der Waals surface area contributed by atoms with Gasteiger partial charge >= 0.3 is 6.09 Å². The monoisotopic (exact) mass is 307 g/mol. The first-order chi connectivity index (χ1) is 8.72. The van der Waals surface area contributed by atoms with Crippen molar-refractivity contribution in [1.82, 2.24) is 4.90 Å². The number of ether oxygens (including phenoxy) is 1. The lowest BCUT2D eigenvalue weighted by Gasteiger charge is -2.20. The Hall–Kier alpha value is -1.55. The van der Waals surface area contributed by atoms with Crippen LogP contribution in [0, 0.1) is 0 Å². The fraction of sp³-hybridized carbons (Fsp3) is 0.214. The van der Waals surface area contributed by atoms with Crippen molar-refractivity contribution in [3.8, 4) is 0 Å². The van der Waals surface area contributed by atoms with Crippen molar-refractivity contribution in [2.45, 2.75) is 6.04 Å². The van der Waals surface area contributed by atoms with Crippen LogP contribution in [-0.4, -0.2) is 30.7 Å². The molecule has 1 aromatic carbocycles. The molecule has 2 rings (SSSR count). The maximum Gasteiger partial charge on any atom is 0.410 e. The highest BCUT2D eigenvalue weighted by atomic mass is 79.9. The van der Waals surface area contributed by atoms with Gasteiger partial charge in [0.05, 0.1) is 13.2 Å². The maximum atomic E-state index is 11.5. The summed E-state index contributed by atoms with van der Waals surface area (Å²) >= 11 is 3.49. The van der Waals surface area contributed by atoms with E-state index in [2.05, 4.69) is 15.9 Å². The van der Waals surface area contributed by atoms with Gasteiger partial charge in [-0.1, -0.05) is 58.4 Å². The molecule has 1 unspecified atom stereocenters. The Kier molecular flexibility index (Phi) is 4.20. The summed E-state index contributed by atoms with van der Waals surface area (Å²) in [4.78, 5) is 13.2. The van der Waals surface area contributed by atoms with Crippen LogP contribution in [0.15, 0.2) is 47.0 Å². The molecule has 1 heterocycles. The molecule has 0 saturated carbocycles. The van der Waals surface area contributed by atoms with Crippen LogP contribution in [-0.2, 0) is 4.74 Å². The second-order valence-corrected chi connectivity index (χ2v) is 4.78. The first kappa shape index (κ1) is 12.9. The first-order valence-corrected chi connectivity index (χ1v) is 6.45. The van der Waals surface area contributed by atoms with E-state index in [-0.39, 0.29) is 12.1 Å². The molecule has 0 N–H and O–H groups in total. The van der Waals surface area contributed by atoms with Gasteiger partial charge in [-0.15, -0.1) is 0 Å². The number of methoxy groups -OCH3 is 1. The van der Waals surface area contributed by atoms with Gasteiger partial charge in [-0.05, 0) is 11.6 Å². The van der Waals surface area contributed by atoms with Crippen molar-refractivity contribution in [2.24, 2.45) is 0 Å². The minimum absolute atomic E-state index is 0.0374. The Morgan fingerprint density at radius 2 is 2.28 bits per heavy atom. The fourth-order valence-corrected chi connectivity index (χ4v) is 2.25. The van der Waals surface area contributed by atoms with E-state index < -0.39 is 0 Å². The molecule has 3 nitrogen and oxygen atoms in total. The van der Waals surface area contributed by atoms with E-state index in [0.717, 1.165) is 10.0 Å². The van der Waals surface area contributed by atoms with Crippen LogP contribution in [0.2, 0.25) is 0 Å². The van der Waals surface area contributed by atoms with E-state index in [1.807, 2.05) is 48.6 Å². The van der Waals surface area contributed by atoms with Crippen molar-refractivity contribution in [3.63, 3.8) is 0 Å². The molecule has 1 atom stereocenters. The summed E-state index contributed by atoms with van der Waals surface area (Å²) in [6, 6.07) is 7.92. The average molecular weight is 308 g/mol. The number of nitrogens with zero attached hydrogens (tertiary/aromatic N) is 1. The van der Waals surface area contributed by atoms with Gasteiger partial charge in [0.25, 0.3) is 0 Å². The fourth-order valence-electron chi connectivity index (χ4n) is 1.83. The van der Waals surface area contributed by atoms with Gasteiger partial charge in [0.15, 0.2) is 0 Å². The standard InChI is InChI=1S/C14H14BrNO2/c1-18-14(17)16-10-4-6-12(16)9-8-11-5-2-3-7-13(11)15/h2-9,12H,10H2,1H3/b9-8-. The molecule has 94 valence electrons. The zero-order valence-electron chi connectivity index (χ0n) is 10.0.